The van der Waals surface area contributed by atoms with Gasteiger partial charge < -0.3 is 4.74 Å². The Balaban J connectivity index is 1.76. The van der Waals surface area contributed by atoms with E-state index >= 15 is 0 Å². The molecule has 0 radical (unpaired) electrons. The fourth-order valence-electron chi connectivity index (χ4n) is 2.46. The van der Waals surface area contributed by atoms with Crippen molar-refractivity contribution in [2.75, 3.05) is 4.90 Å². The lowest BCUT2D eigenvalue weighted by molar-refractivity contribution is -0.120. The number of carbonyl (C=O) groups is 2. The highest BCUT2D eigenvalue weighted by atomic mass is 16.5. The van der Waals surface area contributed by atoms with E-state index in [1.54, 1.807) is 17.0 Å². The summed E-state index contributed by atoms with van der Waals surface area (Å²) >= 11 is 0. The smallest absolute Gasteiger partial charge is 0.328 e. The Labute approximate surface area is 128 Å². The highest BCUT2D eigenvalue weighted by molar-refractivity contribution is 6.06. The number of para-hydroxylation sites is 1. The molecule has 1 unspecified atom stereocenters. The van der Waals surface area contributed by atoms with Crippen LogP contribution in [0.2, 0.25) is 0 Å². The zero-order valence-corrected chi connectivity index (χ0v) is 12.2. The van der Waals surface area contributed by atoms with Crippen molar-refractivity contribution in [2.24, 2.45) is 0 Å². The van der Waals surface area contributed by atoms with Gasteiger partial charge in [0.1, 0.15) is 11.5 Å². The van der Waals surface area contributed by atoms with Gasteiger partial charge in [0.05, 0.1) is 0 Å². The summed E-state index contributed by atoms with van der Waals surface area (Å²) in [5, 5.41) is 2.33. The highest BCUT2D eigenvalue weighted by Crippen LogP contribution is 2.26. The van der Waals surface area contributed by atoms with Gasteiger partial charge in [0, 0.05) is 18.2 Å². The lowest BCUT2D eigenvalue weighted by atomic mass is 10.1. The van der Waals surface area contributed by atoms with Crippen LogP contribution < -0.4 is 15.0 Å². The van der Waals surface area contributed by atoms with Gasteiger partial charge >= 0.3 is 6.03 Å². The van der Waals surface area contributed by atoms with Crippen molar-refractivity contribution in [1.82, 2.24) is 5.32 Å². The van der Waals surface area contributed by atoms with Gasteiger partial charge in [0.15, 0.2) is 0 Å². The quantitative estimate of drug-likeness (QED) is 0.945. The molecule has 0 saturated carbocycles. The third-order valence-corrected chi connectivity index (χ3v) is 3.48. The highest BCUT2D eigenvalue weighted by Gasteiger charge is 2.30. The molecule has 3 rings (SSSR count). The Kier molecular flexibility index (Phi) is 3.78. The number of nitrogens with zero attached hydrogens (tertiary/aromatic N) is 1. The summed E-state index contributed by atoms with van der Waals surface area (Å²) in [7, 11) is 0. The van der Waals surface area contributed by atoms with Gasteiger partial charge in [-0.3, -0.25) is 15.0 Å². The number of hydrogen-bond acceptors (Lipinski definition) is 3. The largest absolute Gasteiger partial charge is 0.457 e. The molecule has 1 aliphatic rings. The Morgan fingerprint density at radius 1 is 1.00 bits per heavy atom. The van der Waals surface area contributed by atoms with Crippen LogP contribution in [0.5, 0.6) is 11.5 Å². The minimum absolute atomic E-state index is 0.165. The number of amides is 3. The van der Waals surface area contributed by atoms with E-state index in [1.807, 2.05) is 49.4 Å². The summed E-state index contributed by atoms with van der Waals surface area (Å²) in [5.74, 6) is 1.21. The predicted octanol–water partition coefficient (Wildman–Crippen LogP) is 3.31. The molecule has 0 bridgehead atoms. The summed E-state index contributed by atoms with van der Waals surface area (Å²) in [6.07, 6.45) is 0.300. The molecule has 0 spiro atoms. The fraction of sp³-hybridized carbons (Fsp3) is 0.176. The van der Waals surface area contributed by atoms with Crippen LogP contribution in [0.15, 0.2) is 54.6 Å². The maximum Gasteiger partial charge on any atom is 0.328 e. The van der Waals surface area contributed by atoms with E-state index in [0.29, 0.717) is 12.2 Å². The van der Waals surface area contributed by atoms with E-state index in [9.17, 15) is 9.59 Å². The van der Waals surface area contributed by atoms with Crippen molar-refractivity contribution >= 4 is 17.6 Å². The molecule has 1 N–H and O–H groups in total. The first-order valence-corrected chi connectivity index (χ1v) is 7.09. The molecule has 0 aliphatic carbocycles. The first kappa shape index (κ1) is 14.1. The maximum atomic E-state index is 12.0. The van der Waals surface area contributed by atoms with Crippen LogP contribution in [0.3, 0.4) is 0 Å². The van der Waals surface area contributed by atoms with Crippen molar-refractivity contribution < 1.29 is 14.3 Å². The minimum atomic E-state index is -0.388. The van der Waals surface area contributed by atoms with Crippen LogP contribution in [-0.4, -0.2) is 18.0 Å². The molecular weight excluding hydrogens is 280 g/mol. The Bertz CT molecular complexity index is 683. The van der Waals surface area contributed by atoms with E-state index in [4.69, 9.17) is 4.74 Å². The lowest BCUT2D eigenvalue weighted by Gasteiger charge is -2.32. The molecule has 112 valence electrons. The second-order valence-electron chi connectivity index (χ2n) is 5.19. The molecular formula is C17H16N2O3. The number of urea groups is 1. The van der Waals surface area contributed by atoms with E-state index < -0.39 is 0 Å². The zero-order valence-electron chi connectivity index (χ0n) is 12.2. The van der Waals surface area contributed by atoms with Gasteiger partial charge in [0.2, 0.25) is 5.91 Å². The van der Waals surface area contributed by atoms with E-state index in [-0.39, 0.29) is 18.0 Å². The first-order chi connectivity index (χ1) is 10.6. The van der Waals surface area contributed by atoms with Crippen LogP contribution >= 0.6 is 0 Å². The summed E-state index contributed by atoms with van der Waals surface area (Å²) in [4.78, 5) is 24.9. The molecule has 3 amide bonds. The molecule has 1 fully saturated rings. The molecule has 1 heterocycles. The Morgan fingerprint density at radius 2 is 1.64 bits per heavy atom. The minimum Gasteiger partial charge on any atom is -0.457 e. The third kappa shape index (κ3) is 2.93. The second-order valence-corrected chi connectivity index (χ2v) is 5.19. The normalized spacial score (nSPS) is 18.0. The van der Waals surface area contributed by atoms with Gasteiger partial charge in [0.25, 0.3) is 0 Å². The molecule has 2 aromatic carbocycles. The molecule has 5 heteroatoms. The lowest BCUT2D eigenvalue weighted by Crippen LogP contribution is -2.54. The third-order valence-electron chi connectivity index (χ3n) is 3.48. The van der Waals surface area contributed by atoms with Crippen LogP contribution in [-0.2, 0) is 4.79 Å². The molecule has 0 aromatic heterocycles. The second kappa shape index (κ2) is 5.89. The van der Waals surface area contributed by atoms with Gasteiger partial charge in [-0.1, -0.05) is 18.2 Å². The van der Waals surface area contributed by atoms with Crippen molar-refractivity contribution in [3.8, 4) is 11.5 Å². The number of imide groups is 1. The number of hydrogen-bond donors (Lipinski definition) is 1. The summed E-state index contributed by atoms with van der Waals surface area (Å²) in [6, 6.07) is 16.2. The SMILES string of the molecule is CC1CC(=O)NC(=O)N1c1ccc(Oc2ccccc2)cc1. The average molecular weight is 296 g/mol. The summed E-state index contributed by atoms with van der Waals surface area (Å²) in [6.45, 7) is 1.85. The Hall–Kier alpha value is -2.82. The molecule has 1 atom stereocenters. The van der Waals surface area contributed by atoms with Gasteiger partial charge in [-0.05, 0) is 43.3 Å². The topological polar surface area (TPSA) is 58.6 Å². The number of carbonyl (C=O) groups excluding carboxylic acids is 2. The van der Waals surface area contributed by atoms with Crippen LogP contribution in [0.4, 0.5) is 10.5 Å². The zero-order chi connectivity index (χ0) is 15.5. The molecule has 22 heavy (non-hydrogen) atoms. The van der Waals surface area contributed by atoms with Crippen LogP contribution in [0, 0.1) is 0 Å². The standard InChI is InChI=1S/C17H16N2O3/c1-12-11-16(20)18-17(21)19(12)13-7-9-15(10-8-13)22-14-5-3-2-4-6-14/h2-10,12H,11H2,1H3,(H,18,20,21). The predicted molar refractivity (Wildman–Crippen MR) is 83.1 cm³/mol. The van der Waals surface area contributed by atoms with Crippen molar-refractivity contribution in [2.45, 2.75) is 19.4 Å². The number of nitrogens with one attached hydrogen (secondary N) is 1. The van der Waals surface area contributed by atoms with Crippen molar-refractivity contribution in [3.05, 3.63) is 54.6 Å². The molecule has 1 aliphatic heterocycles. The van der Waals surface area contributed by atoms with Crippen LogP contribution in [0.1, 0.15) is 13.3 Å². The number of anilines is 1. The maximum absolute atomic E-state index is 12.0. The Morgan fingerprint density at radius 3 is 2.27 bits per heavy atom. The summed E-state index contributed by atoms with van der Waals surface area (Å²) in [5.41, 5.74) is 0.734. The summed E-state index contributed by atoms with van der Waals surface area (Å²) < 4.78 is 5.72. The van der Waals surface area contributed by atoms with Gasteiger partial charge in [-0.2, -0.15) is 0 Å². The van der Waals surface area contributed by atoms with Crippen molar-refractivity contribution in [1.29, 1.82) is 0 Å². The number of ether oxygens (including phenoxy) is 1. The average Bonchev–Trinajstić information content (AvgIpc) is 2.49. The van der Waals surface area contributed by atoms with E-state index in [2.05, 4.69) is 5.32 Å². The number of rotatable bonds is 3. The van der Waals surface area contributed by atoms with E-state index in [0.717, 1.165) is 11.4 Å². The van der Waals surface area contributed by atoms with Crippen molar-refractivity contribution in [3.63, 3.8) is 0 Å². The van der Waals surface area contributed by atoms with Crippen LogP contribution in [0.25, 0.3) is 0 Å². The first-order valence-electron chi connectivity index (χ1n) is 7.09. The monoisotopic (exact) mass is 296 g/mol. The van der Waals surface area contributed by atoms with Gasteiger partial charge in [-0.25, -0.2) is 4.79 Å². The van der Waals surface area contributed by atoms with E-state index in [1.165, 1.54) is 0 Å². The number of benzene rings is 2. The van der Waals surface area contributed by atoms with Gasteiger partial charge in [-0.15, -0.1) is 0 Å². The molecule has 2 aromatic rings. The molecule has 5 nitrogen and oxygen atoms in total. The molecule has 1 saturated heterocycles. The fourth-order valence-corrected chi connectivity index (χ4v) is 2.46.